The Kier molecular flexibility index (Phi) is 7.09. The predicted octanol–water partition coefficient (Wildman–Crippen LogP) is 3.09. The first kappa shape index (κ1) is 17.0. The second kappa shape index (κ2) is 8.32. The summed E-state index contributed by atoms with van der Waals surface area (Å²) in [6, 6.07) is 0. The lowest BCUT2D eigenvalue weighted by Gasteiger charge is -2.29. The quantitative estimate of drug-likeness (QED) is 0.511. The molecule has 1 unspecified atom stereocenters. The van der Waals surface area contributed by atoms with Crippen molar-refractivity contribution in [2.45, 2.75) is 57.2 Å². The molecule has 1 heterocycles. The van der Waals surface area contributed by atoms with Gasteiger partial charge in [0.1, 0.15) is 11.8 Å². The molecule has 0 aliphatic rings. The van der Waals surface area contributed by atoms with Crippen LogP contribution in [0.3, 0.4) is 0 Å². The molecule has 114 valence electrons. The summed E-state index contributed by atoms with van der Waals surface area (Å²) < 4.78 is 5.26. The normalized spacial score (nSPS) is 14.2. The standard InChI is InChI=1S/C14H24N2O3S/c1-4-8-15-14(5-2,12(17)18)7-6-9-20-13-16-11(3)10-19-13/h10,15H,4-9H2,1-3H3,(H,17,18). The molecule has 20 heavy (non-hydrogen) atoms. The van der Waals surface area contributed by atoms with Crippen molar-refractivity contribution in [2.24, 2.45) is 0 Å². The molecule has 0 saturated carbocycles. The van der Waals surface area contributed by atoms with Gasteiger partial charge >= 0.3 is 5.97 Å². The number of carboxylic acid groups (broad SMARTS) is 1. The molecular formula is C14H24N2O3S. The van der Waals surface area contributed by atoms with Gasteiger partial charge in [0.25, 0.3) is 5.22 Å². The highest BCUT2D eigenvalue weighted by Crippen LogP contribution is 2.23. The fourth-order valence-electron chi connectivity index (χ4n) is 2.02. The first-order valence-electron chi connectivity index (χ1n) is 7.07. The molecule has 5 nitrogen and oxygen atoms in total. The van der Waals surface area contributed by atoms with E-state index in [0.717, 1.165) is 30.8 Å². The number of aromatic nitrogens is 1. The number of aliphatic carboxylic acids is 1. The number of thioether (sulfide) groups is 1. The molecule has 1 atom stereocenters. The molecule has 1 aromatic heterocycles. The van der Waals surface area contributed by atoms with Crippen LogP contribution in [-0.4, -0.2) is 33.9 Å². The molecule has 6 heteroatoms. The fourth-order valence-corrected chi connectivity index (χ4v) is 2.81. The first-order valence-corrected chi connectivity index (χ1v) is 8.06. The third-order valence-electron chi connectivity index (χ3n) is 3.30. The minimum absolute atomic E-state index is 0.588. The highest BCUT2D eigenvalue weighted by Gasteiger charge is 2.35. The molecule has 0 radical (unpaired) electrons. The van der Waals surface area contributed by atoms with Crippen molar-refractivity contribution < 1.29 is 14.3 Å². The number of oxazole rings is 1. The Morgan fingerprint density at radius 1 is 1.55 bits per heavy atom. The highest BCUT2D eigenvalue weighted by atomic mass is 32.2. The van der Waals surface area contributed by atoms with Gasteiger partial charge in [-0.3, -0.25) is 4.79 Å². The van der Waals surface area contributed by atoms with Gasteiger partial charge < -0.3 is 14.8 Å². The zero-order valence-electron chi connectivity index (χ0n) is 12.4. The molecule has 0 aliphatic heterocycles. The summed E-state index contributed by atoms with van der Waals surface area (Å²) in [6.45, 7) is 6.57. The molecule has 2 N–H and O–H groups in total. The smallest absolute Gasteiger partial charge is 0.323 e. The van der Waals surface area contributed by atoms with E-state index in [2.05, 4.69) is 10.3 Å². The number of aryl methyl sites for hydroxylation is 1. The zero-order chi connectivity index (χ0) is 15.0. The van der Waals surface area contributed by atoms with Gasteiger partial charge in [0.15, 0.2) is 0 Å². The molecule has 0 aromatic carbocycles. The molecule has 0 amide bonds. The van der Waals surface area contributed by atoms with E-state index >= 15 is 0 Å². The van der Waals surface area contributed by atoms with E-state index in [1.165, 1.54) is 11.8 Å². The summed E-state index contributed by atoms with van der Waals surface area (Å²) in [4.78, 5) is 15.7. The molecule has 0 aliphatic carbocycles. The summed E-state index contributed by atoms with van der Waals surface area (Å²) in [5.74, 6) is 0.0494. The summed E-state index contributed by atoms with van der Waals surface area (Å²) >= 11 is 1.53. The third kappa shape index (κ3) is 4.83. The highest BCUT2D eigenvalue weighted by molar-refractivity contribution is 7.99. The predicted molar refractivity (Wildman–Crippen MR) is 80.1 cm³/mol. The van der Waals surface area contributed by atoms with Crippen LogP contribution in [0.25, 0.3) is 0 Å². The van der Waals surface area contributed by atoms with Crippen LogP contribution in [-0.2, 0) is 4.79 Å². The number of hydrogen-bond acceptors (Lipinski definition) is 5. The van der Waals surface area contributed by atoms with Crippen LogP contribution in [0.1, 0.15) is 45.2 Å². The fraction of sp³-hybridized carbons (Fsp3) is 0.714. The average molecular weight is 300 g/mol. The van der Waals surface area contributed by atoms with Crippen LogP contribution >= 0.6 is 11.8 Å². The number of nitrogens with one attached hydrogen (secondary N) is 1. The number of carboxylic acids is 1. The maximum atomic E-state index is 11.5. The Bertz CT molecular complexity index is 422. The minimum Gasteiger partial charge on any atom is -0.480 e. The van der Waals surface area contributed by atoms with Gasteiger partial charge in [-0.1, -0.05) is 25.6 Å². The van der Waals surface area contributed by atoms with E-state index in [1.54, 1.807) is 6.26 Å². The largest absolute Gasteiger partial charge is 0.480 e. The molecule has 1 rings (SSSR count). The van der Waals surface area contributed by atoms with E-state index in [9.17, 15) is 9.90 Å². The van der Waals surface area contributed by atoms with E-state index in [4.69, 9.17) is 4.42 Å². The van der Waals surface area contributed by atoms with Crippen molar-refractivity contribution in [3.8, 4) is 0 Å². The zero-order valence-corrected chi connectivity index (χ0v) is 13.3. The Hall–Kier alpha value is -1.01. The van der Waals surface area contributed by atoms with Crippen molar-refractivity contribution in [1.82, 2.24) is 10.3 Å². The van der Waals surface area contributed by atoms with Gasteiger partial charge in [0.05, 0.1) is 5.69 Å². The molecule has 1 aromatic rings. The minimum atomic E-state index is -0.803. The number of rotatable bonds is 10. The van der Waals surface area contributed by atoms with Crippen LogP contribution in [0.5, 0.6) is 0 Å². The van der Waals surface area contributed by atoms with Crippen LogP contribution in [0.2, 0.25) is 0 Å². The van der Waals surface area contributed by atoms with E-state index in [1.807, 2.05) is 20.8 Å². The summed E-state index contributed by atoms with van der Waals surface area (Å²) in [5.41, 5.74) is 0.0638. The number of carbonyl (C=O) groups is 1. The SMILES string of the molecule is CCCNC(CC)(CCCSc1nc(C)co1)C(=O)O. The summed E-state index contributed by atoms with van der Waals surface area (Å²) in [5, 5.41) is 13.3. The topological polar surface area (TPSA) is 75.4 Å². The van der Waals surface area contributed by atoms with Gasteiger partial charge in [-0.25, -0.2) is 4.98 Å². The van der Waals surface area contributed by atoms with Gasteiger partial charge in [-0.05, 0) is 39.2 Å². The average Bonchev–Trinajstić information content (AvgIpc) is 2.84. The van der Waals surface area contributed by atoms with Gasteiger partial charge in [0, 0.05) is 5.75 Å². The lowest BCUT2D eigenvalue weighted by Crippen LogP contribution is -2.52. The van der Waals surface area contributed by atoms with E-state index in [-0.39, 0.29) is 0 Å². The lowest BCUT2D eigenvalue weighted by molar-refractivity contribution is -0.145. The van der Waals surface area contributed by atoms with Crippen molar-refractivity contribution in [3.05, 3.63) is 12.0 Å². The molecule has 0 bridgehead atoms. The maximum Gasteiger partial charge on any atom is 0.323 e. The first-order chi connectivity index (χ1) is 9.54. The van der Waals surface area contributed by atoms with Crippen molar-refractivity contribution >= 4 is 17.7 Å². The van der Waals surface area contributed by atoms with Crippen LogP contribution in [0.15, 0.2) is 15.9 Å². The monoisotopic (exact) mass is 300 g/mol. The van der Waals surface area contributed by atoms with Crippen molar-refractivity contribution in [3.63, 3.8) is 0 Å². The molecule has 0 fully saturated rings. The Morgan fingerprint density at radius 3 is 2.80 bits per heavy atom. The second-order valence-electron chi connectivity index (χ2n) is 4.87. The van der Waals surface area contributed by atoms with Gasteiger partial charge in [-0.15, -0.1) is 0 Å². The molecular weight excluding hydrogens is 276 g/mol. The summed E-state index contributed by atoms with van der Waals surface area (Å²) in [7, 11) is 0. The van der Waals surface area contributed by atoms with E-state index in [0.29, 0.717) is 18.1 Å². The Labute approximate surface area is 124 Å². The summed E-state index contributed by atoms with van der Waals surface area (Å²) in [6.07, 6.45) is 4.57. The maximum absolute atomic E-state index is 11.5. The molecule has 0 spiro atoms. The van der Waals surface area contributed by atoms with Crippen LogP contribution in [0.4, 0.5) is 0 Å². The lowest BCUT2D eigenvalue weighted by atomic mass is 9.90. The van der Waals surface area contributed by atoms with Gasteiger partial charge in [-0.2, -0.15) is 0 Å². The molecule has 0 saturated heterocycles. The third-order valence-corrected chi connectivity index (χ3v) is 4.22. The Morgan fingerprint density at radius 2 is 2.30 bits per heavy atom. The second-order valence-corrected chi connectivity index (χ2v) is 5.92. The number of hydrogen-bond donors (Lipinski definition) is 2. The van der Waals surface area contributed by atoms with Crippen LogP contribution < -0.4 is 5.32 Å². The number of nitrogens with zero attached hydrogens (tertiary/aromatic N) is 1. The Balaban J connectivity index is 2.43. The van der Waals surface area contributed by atoms with Crippen molar-refractivity contribution in [2.75, 3.05) is 12.3 Å². The van der Waals surface area contributed by atoms with Crippen LogP contribution in [0, 0.1) is 6.92 Å². The van der Waals surface area contributed by atoms with Crippen molar-refractivity contribution in [1.29, 1.82) is 0 Å². The van der Waals surface area contributed by atoms with E-state index < -0.39 is 11.5 Å². The van der Waals surface area contributed by atoms with Gasteiger partial charge in [0.2, 0.25) is 0 Å².